The van der Waals surface area contributed by atoms with Crippen LogP contribution in [-0.2, 0) is 11.3 Å². The number of amides is 1. The SMILES string of the molecule is CCCn1c(C)cc(=O)c(O)c1C(=O)N1CCCOCC1. The minimum absolute atomic E-state index is 0.101. The predicted molar refractivity (Wildman–Crippen MR) is 78.7 cm³/mol. The Hall–Kier alpha value is -1.82. The second-order valence-electron chi connectivity index (χ2n) is 5.26. The Kier molecular flexibility index (Phi) is 5.01. The lowest BCUT2D eigenvalue weighted by Gasteiger charge is -2.23. The number of carbonyl (C=O) groups excluding carboxylic acids is 1. The van der Waals surface area contributed by atoms with E-state index in [0.29, 0.717) is 38.5 Å². The molecule has 6 nitrogen and oxygen atoms in total. The molecule has 2 heterocycles. The van der Waals surface area contributed by atoms with Crippen LogP contribution in [0, 0.1) is 6.92 Å². The Bertz CT molecular complexity index is 572. The van der Waals surface area contributed by atoms with Gasteiger partial charge in [-0.25, -0.2) is 0 Å². The molecule has 21 heavy (non-hydrogen) atoms. The Morgan fingerprint density at radius 2 is 2.14 bits per heavy atom. The van der Waals surface area contributed by atoms with Gasteiger partial charge in [0.25, 0.3) is 5.91 Å². The van der Waals surface area contributed by atoms with Crippen molar-refractivity contribution < 1.29 is 14.6 Å². The number of carbonyl (C=O) groups is 1. The molecule has 0 saturated carbocycles. The summed E-state index contributed by atoms with van der Waals surface area (Å²) < 4.78 is 7.07. The molecule has 0 spiro atoms. The fourth-order valence-corrected chi connectivity index (χ4v) is 2.58. The number of rotatable bonds is 3. The summed E-state index contributed by atoms with van der Waals surface area (Å²) in [6.07, 6.45) is 1.57. The number of aromatic hydroxyl groups is 1. The quantitative estimate of drug-likeness (QED) is 0.907. The average Bonchev–Trinajstić information content (AvgIpc) is 2.73. The second-order valence-corrected chi connectivity index (χ2v) is 5.26. The average molecular weight is 294 g/mol. The van der Waals surface area contributed by atoms with Crippen LogP contribution in [0.25, 0.3) is 0 Å². The lowest BCUT2D eigenvalue weighted by Crippen LogP contribution is -2.36. The Balaban J connectivity index is 2.45. The minimum Gasteiger partial charge on any atom is -0.503 e. The third kappa shape index (κ3) is 3.26. The van der Waals surface area contributed by atoms with Gasteiger partial charge in [0.05, 0.1) is 6.61 Å². The van der Waals surface area contributed by atoms with E-state index in [-0.39, 0.29) is 11.6 Å². The van der Waals surface area contributed by atoms with Gasteiger partial charge in [-0.2, -0.15) is 0 Å². The third-order valence-electron chi connectivity index (χ3n) is 3.65. The summed E-state index contributed by atoms with van der Waals surface area (Å²) in [4.78, 5) is 26.2. The molecule has 0 radical (unpaired) electrons. The van der Waals surface area contributed by atoms with Crippen molar-refractivity contribution in [1.29, 1.82) is 0 Å². The van der Waals surface area contributed by atoms with Crippen molar-refractivity contribution in [2.75, 3.05) is 26.3 Å². The largest absolute Gasteiger partial charge is 0.503 e. The maximum Gasteiger partial charge on any atom is 0.274 e. The van der Waals surface area contributed by atoms with E-state index in [1.165, 1.54) is 6.07 Å². The van der Waals surface area contributed by atoms with E-state index in [4.69, 9.17) is 4.74 Å². The molecule has 116 valence electrons. The van der Waals surface area contributed by atoms with Crippen LogP contribution in [0.3, 0.4) is 0 Å². The van der Waals surface area contributed by atoms with Gasteiger partial charge in [0.15, 0.2) is 11.4 Å². The molecule has 2 rings (SSSR count). The smallest absolute Gasteiger partial charge is 0.274 e. The maximum atomic E-state index is 12.7. The second kappa shape index (κ2) is 6.76. The molecule has 1 N–H and O–H groups in total. The minimum atomic E-state index is -0.505. The van der Waals surface area contributed by atoms with Crippen molar-refractivity contribution in [3.05, 3.63) is 27.7 Å². The van der Waals surface area contributed by atoms with Crippen LogP contribution in [0.15, 0.2) is 10.9 Å². The summed E-state index contributed by atoms with van der Waals surface area (Å²) in [5.74, 6) is -0.753. The van der Waals surface area contributed by atoms with Gasteiger partial charge in [-0.1, -0.05) is 6.92 Å². The van der Waals surface area contributed by atoms with Gasteiger partial charge < -0.3 is 19.3 Å². The predicted octanol–water partition coefficient (Wildman–Crippen LogP) is 1.13. The highest BCUT2D eigenvalue weighted by molar-refractivity contribution is 5.95. The van der Waals surface area contributed by atoms with E-state index >= 15 is 0 Å². The molecule has 1 amide bonds. The highest BCUT2D eigenvalue weighted by Crippen LogP contribution is 2.18. The van der Waals surface area contributed by atoms with E-state index in [1.807, 2.05) is 6.92 Å². The highest BCUT2D eigenvalue weighted by Gasteiger charge is 2.25. The van der Waals surface area contributed by atoms with Crippen LogP contribution in [-0.4, -0.2) is 46.8 Å². The first-order valence-corrected chi connectivity index (χ1v) is 7.36. The van der Waals surface area contributed by atoms with Crippen LogP contribution in [0.5, 0.6) is 5.75 Å². The van der Waals surface area contributed by atoms with Crippen molar-refractivity contribution in [3.63, 3.8) is 0 Å². The molecule has 0 aromatic carbocycles. The molecule has 0 bridgehead atoms. The summed E-state index contributed by atoms with van der Waals surface area (Å²) in [5.41, 5.74) is 0.284. The first kappa shape index (κ1) is 15.6. The van der Waals surface area contributed by atoms with Crippen LogP contribution >= 0.6 is 0 Å². The summed E-state index contributed by atoms with van der Waals surface area (Å²) >= 11 is 0. The molecule has 1 aromatic rings. The third-order valence-corrected chi connectivity index (χ3v) is 3.65. The van der Waals surface area contributed by atoms with Gasteiger partial charge in [-0.05, 0) is 19.8 Å². The number of nitrogens with zero attached hydrogens (tertiary/aromatic N) is 2. The molecule has 0 unspecified atom stereocenters. The van der Waals surface area contributed by atoms with Crippen LogP contribution in [0.2, 0.25) is 0 Å². The summed E-state index contributed by atoms with van der Waals surface area (Å²) in [6.45, 7) is 6.52. The molecule has 1 aliphatic rings. The van der Waals surface area contributed by atoms with Crippen molar-refractivity contribution in [2.45, 2.75) is 33.2 Å². The zero-order valence-electron chi connectivity index (χ0n) is 12.6. The highest BCUT2D eigenvalue weighted by atomic mass is 16.5. The number of ether oxygens (including phenoxy) is 1. The molecule has 1 aromatic heterocycles. The lowest BCUT2D eigenvalue weighted by molar-refractivity contribution is 0.0725. The van der Waals surface area contributed by atoms with Gasteiger partial charge >= 0.3 is 0 Å². The van der Waals surface area contributed by atoms with Gasteiger partial charge in [-0.3, -0.25) is 9.59 Å². The topological polar surface area (TPSA) is 71.8 Å². The van der Waals surface area contributed by atoms with E-state index in [9.17, 15) is 14.7 Å². The van der Waals surface area contributed by atoms with Gasteiger partial charge in [-0.15, -0.1) is 0 Å². The van der Waals surface area contributed by atoms with Gasteiger partial charge in [0.1, 0.15) is 0 Å². The van der Waals surface area contributed by atoms with E-state index in [1.54, 1.807) is 16.4 Å². The van der Waals surface area contributed by atoms with E-state index in [0.717, 1.165) is 12.8 Å². The summed E-state index contributed by atoms with van der Waals surface area (Å²) in [7, 11) is 0. The van der Waals surface area contributed by atoms with E-state index in [2.05, 4.69) is 0 Å². The Morgan fingerprint density at radius 3 is 2.86 bits per heavy atom. The van der Waals surface area contributed by atoms with E-state index < -0.39 is 11.2 Å². The van der Waals surface area contributed by atoms with Crippen LogP contribution in [0.1, 0.15) is 35.9 Å². The normalized spacial score (nSPS) is 15.8. The van der Waals surface area contributed by atoms with Crippen molar-refractivity contribution >= 4 is 5.91 Å². The van der Waals surface area contributed by atoms with Gasteiger partial charge in [0, 0.05) is 38.0 Å². The Labute approximate surface area is 123 Å². The number of aryl methyl sites for hydroxylation is 1. The monoisotopic (exact) mass is 294 g/mol. The molecule has 1 saturated heterocycles. The number of hydrogen-bond acceptors (Lipinski definition) is 4. The lowest BCUT2D eigenvalue weighted by atomic mass is 10.2. The summed E-state index contributed by atoms with van der Waals surface area (Å²) in [5, 5.41) is 10.1. The Morgan fingerprint density at radius 1 is 1.38 bits per heavy atom. The number of pyridine rings is 1. The zero-order valence-corrected chi connectivity index (χ0v) is 12.6. The molecule has 0 atom stereocenters. The molecule has 0 aliphatic carbocycles. The molecular weight excluding hydrogens is 272 g/mol. The fraction of sp³-hybridized carbons (Fsp3) is 0.600. The molecule has 1 fully saturated rings. The number of hydrogen-bond donors (Lipinski definition) is 1. The molecular formula is C15H22N2O4. The van der Waals surface area contributed by atoms with Crippen molar-refractivity contribution in [1.82, 2.24) is 9.47 Å². The molecule has 1 aliphatic heterocycles. The van der Waals surface area contributed by atoms with Crippen LogP contribution in [0.4, 0.5) is 0 Å². The standard InChI is InChI=1S/C15H22N2O4/c1-3-5-17-11(2)10-12(18)14(19)13(17)15(20)16-6-4-8-21-9-7-16/h10,19H,3-9H2,1-2H3. The number of aromatic nitrogens is 1. The van der Waals surface area contributed by atoms with Crippen LogP contribution < -0.4 is 5.43 Å². The van der Waals surface area contributed by atoms with Gasteiger partial charge in [0.2, 0.25) is 5.43 Å². The van der Waals surface area contributed by atoms with Crippen molar-refractivity contribution in [3.8, 4) is 5.75 Å². The molecule has 6 heteroatoms. The summed E-state index contributed by atoms with van der Waals surface area (Å²) in [6, 6.07) is 1.37. The fourth-order valence-electron chi connectivity index (χ4n) is 2.58. The first-order chi connectivity index (χ1) is 10.1. The first-order valence-electron chi connectivity index (χ1n) is 7.36. The zero-order chi connectivity index (χ0) is 15.4. The van der Waals surface area contributed by atoms with Crippen molar-refractivity contribution in [2.24, 2.45) is 0 Å². The maximum absolute atomic E-state index is 12.7.